The molecule has 0 radical (unpaired) electrons. The number of rotatable bonds is 5. The van der Waals surface area contributed by atoms with Crippen LogP contribution in [0.1, 0.15) is 31.4 Å². The molecule has 1 aromatic rings. The van der Waals surface area contributed by atoms with Gasteiger partial charge >= 0.3 is 0 Å². The van der Waals surface area contributed by atoms with Crippen LogP contribution < -0.4 is 0 Å². The van der Waals surface area contributed by atoms with Crippen molar-refractivity contribution in [2.24, 2.45) is 5.92 Å². The third kappa shape index (κ3) is 4.46. The van der Waals surface area contributed by atoms with Crippen LogP contribution in [0.15, 0.2) is 18.2 Å². The molecule has 98 valence electrons. The summed E-state index contributed by atoms with van der Waals surface area (Å²) in [4.78, 5) is 0. The van der Waals surface area contributed by atoms with Gasteiger partial charge in [0.15, 0.2) is 9.84 Å². The van der Waals surface area contributed by atoms with Crippen molar-refractivity contribution in [1.82, 2.24) is 0 Å². The Kier molecular flexibility index (Phi) is 4.85. The highest BCUT2D eigenvalue weighted by Gasteiger charge is 2.16. The third-order valence-electron chi connectivity index (χ3n) is 2.57. The van der Waals surface area contributed by atoms with Crippen molar-refractivity contribution < 1.29 is 12.8 Å². The minimum absolute atomic E-state index is 0.0616. The molecule has 3 nitrogen and oxygen atoms in total. The Morgan fingerprint density at radius 3 is 2.61 bits per heavy atom. The highest BCUT2D eigenvalue weighted by atomic mass is 32.2. The summed E-state index contributed by atoms with van der Waals surface area (Å²) in [7, 11) is -3.30. The van der Waals surface area contributed by atoms with E-state index in [4.69, 9.17) is 5.26 Å². The van der Waals surface area contributed by atoms with Gasteiger partial charge in [-0.05, 0) is 36.1 Å². The van der Waals surface area contributed by atoms with E-state index in [0.29, 0.717) is 12.3 Å². The van der Waals surface area contributed by atoms with E-state index in [1.165, 1.54) is 6.07 Å². The second-order valence-electron chi connectivity index (χ2n) is 4.69. The van der Waals surface area contributed by atoms with Crippen LogP contribution in [0.5, 0.6) is 0 Å². The van der Waals surface area contributed by atoms with Crippen molar-refractivity contribution >= 4 is 9.84 Å². The molecule has 0 aromatic heterocycles. The fraction of sp³-hybridized carbons (Fsp3) is 0.462. The van der Waals surface area contributed by atoms with Gasteiger partial charge in [0.05, 0.1) is 23.1 Å². The number of nitriles is 1. The fourth-order valence-corrected chi connectivity index (χ4v) is 3.20. The molecule has 0 unspecified atom stereocenters. The first kappa shape index (κ1) is 14.7. The summed E-state index contributed by atoms with van der Waals surface area (Å²) < 4.78 is 36.8. The molecule has 0 N–H and O–H groups in total. The van der Waals surface area contributed by atoms with E-state index < -0.39 is 15.7 Å². The highest BCUT2D eigenvalue weighted by molar-refractivity contribution is 7.90. The molecule has 0 amide bonds. The molecule has 0 saturated heterocycles. The molecule has 18 heavy (non-hydrogen) atoms. The normalized spacial score (nSPS) is 11.5. The zero-order chi connectivity index (χ0) is 13.8. The van der Waals surface area contributed by atoms with Gasteiger partial charge in [-0.1, -0.05) is 13.8 Å². The first-order chi connectivity index (χ1) is 8.34. The lowest BCUT2D eigenvalue weighted by Crippen LogP contribution is -2.12. The Balaban J connectivity index is 2.90. The molecule has 0 aliphatic rings. The Morgan fingerprint density at radius 1 is 1.39 bits per heavy atom. The van der Waals surface area contributed by atoms with Crippen molar-refractivity contribution in [2.45, 2.75) is 26.0 Å². The van der Waals surface area contributed by atoms with Gasteiger partial charge < -0.3 is 0 Å². The van der Waals surface area contributed by atoms with Crippen LogP contribution in [0.2, 0.25) is 0 Å². The SMILES string of the molecule is CC(C)CCS(=O)(=O)Cc1cc(F)ccc1C#N. The third-order valence-corrected chi connectivity index (χ3v) is 4.18. The maximum atomic E-state index is 13.1. The van der Waals surface area contributed by atoms with Crippen LogP contribution in [0.4, 0.5) is 4.39 Å². The Labute approximate surface area is 107 Å². The van der Waals surface area contributed by atoms with E-state index in [9.17, 15) is 12.8 Å². The predicted octanol–water partition coefficient (Wildman–Crippen LogP) is 2.66. The van der Waals surface area contributed by atoms with Gasteiger partial charge in [0.2, 0.25) is 0 Å². The molecule has 0 atom stereocenters. The molecule has 5 heteroatoms. The van der Waals surface area contributed by atoms with E-state index in [1.807, 2.05) is 19.9 Å². The van der Waals surface area contributed by atoms with E-state index in [-0.39, 0.29) is 22.6 Å². The van der Waals surface area contributed by atoms with Crippen LogP contribution in [0.25, 0.3) is 0 Å². The lowest BCUT2D eigenvalue weighted by atomic mass is 10.1. The maximum Gasteiger partial charge on any atom is 0.154 e. The van der Waals surface area contributed by atoms with E-state index in [2.05, 4.69) is 0 Å². The highest BCUT2D eigenvalue weighted by Crippen LogP contribution is 2.15. The average Bonchev–Trinajstić information content (AvgIpc) is 2.26. The average molecular weight is 269 g/mol. The van der Waals surface area contributed by atoms with E-state index in [1.54, 1.807) is 0 Å². The Hall–Kier alpha value is -1.41. The molecule has 0 saturated carbocycles. The first-order valence-corrected chi connectivity index (χ1v) is 7.55. The summed E-state index contributed by atoms with van der Waals surface area (Å²) in [5, 5.41) is 8.86. The van der Waals surface area contributed by atoms with Crippen LogP contribution >= 0.6 is 0 Å². The lowest BCUT2D eigenvalue weighted by Gasteiger charge is -2.08. The molecular weight excluding hydrogens is 253 g/mol. The van der Waals surface area contributed by atoms with Crippen LogP contribution in [-0.2, 0) is 15.6 Å². The van der Waals surface area contributed by atoms with Crippen molar-refractivity contribution in [3.8, 4) is 6.07 Å². The van der Waals surface area contributed by atoms with Gasteiger partial charge in [0, 0.05) is 0 Å². The smallest absolute Gasteiger partial charge is 0.154 e. The van der Waals surface area contributed by atoms with Crippen LogP contribution in [-0.4, -0.2) is 14.2 Å². The molecule has 0 spiro atoms. The van der Waals surface area contributed by atoms with Gasteiger partial charge in [0.25, 0.3) is 0 Å². The van der Waals surface area contributed by atoms with Crippen molar-refractivity contribution in [3.63, 3.8) is 0 Å². The topological polar surface area (TPSA) is 57.9 Å². The predicted molar refractivity (Wildman–Crippen MR) is 68.1 cm³/mol. The summed E-state index contributed by atoms with van der Waals surface area (Å²) in [6.45, 7) is 3.89. The quantitative estimate of drug-likeness (QED) is 0.825. The second kappa shape index (κ2) is 5.96. The second-order valence-corrected chi connectivity index (χ2v) is 6.87. The molecule has 0 fully saturated rings. The lowest BCUT2D eigenvalue weighted by molar-refractivity contribution is 0.572. The molecule has 0 aliphatic carbocycles. The van der Waals surface area contributed by atoms with Crippen molar-refractivity contribution in [2.75, 3.05) is 5.75 Å². The Morgan fingerprint density at radius 2 is 2.06 bits per heavy atom. The van der Waals surface area contributed by atoms with E-state index in [0.717, 1.165) is 12.1 Å². The summed E-state index contributed by atoms with van der Waals surface area (Å²) in [6, 6.07) is 5.46. The monoisotopic (exact) mass is 269 g/mol. The molecule has 0 heterocycles. The van der Waals surface area contributed by atoms with Gasteiger partial charge in [-0.3, -0.25) is 0 Å². The summed E-state index contributed by atoms with van der Waals surface area (Å²) in [5.74, 6) is -0.447. The largest absolute Gasteiger partial charge is 0.228 e. The number of benzene rings is 1. The van der Waals surface area contributed by atoms with Gasteiger partial charge in [0.1, 0.15) is 5.82 Å². The zero-order valence-corrected chi connectivity index (χ0v) is 11.3. The standard InChI is InChI=1S/C13H16FNO2S/c1-10(2)5-6-18(16,17)9-12-7-13(14)4-3-11(12)8-15/h3-4,7,10H,5-6,9H2,1-2H3. The minimum atomic E-state index is -3.30. The summed E-state index contributed by atoms with van der Waals surface area (Å²) in [5.41, 5.74) is 0.450. The fourth-order valence-electron chi connectivity index (χ4n) is 1.52. The molecule has 0 aliphatic heterocycles. The number of hydrogen-bond acceptors (Lipinski definition) is 3. The van der Waals surface area contributed by atoms with E-state index >= 15 is 0 Å². The van der Waals surface area contributed by atoms with Crippen molar-refractivity contribution in [3.05, 3.63) is 35.1 Å². The van der Waals surface area contributed by atoms with Gasteiger partial charge in [-0.15, -0.1) is 0 Å². The van der Waals surface area contributed by atoms with Gasteiger partial charge in [-0.2, -0.15) is 5.26 Å². The number of hydrogen-bond donors (Lipinski definition) is 0. The van der Waals surface area contributed by atoms with Crippen LogP contribution in [0.3, 0.4) is 0 Å². The summed E-state index contributed by atoms with van der Waals surface area (Å²) >= 11 is 0. The number of halogens is 1. The van der Waals surface area contributed by atoms with Crippen LogP contribution in [0, 0.1) is 23.1 Å². The Bertz CT molecular complexity index is 559. The van der Waals surface area contributed by atoms with Gasteiger partial charge in [-0.25, -0.2) is 12.8 Å². The number of nitrogens with zero attached hydrogens (tertiary/aromatic N) is 1. The number of sulfone groups is 1. The van der Waals surface area contributed by atoms with Crippen molar-refractivity contribution in [1.29, 1.82) is 5.26 Å². The first-order valence-electron chi connectivity index (χ1n) is 5.73. The minimum Gasteiger partial charge on any atom is -0.228 e. The summed E-state index contributed by atoms with van der Waals surface area (Å²) in [6.07, 6.45) is 0.569. The maximum absolute atomic E-state index is 13.1. The zero-order valence-electron chi connectivity index (χ0n) is 10.5. The molecular formula is C13H16FNO2S. The molecule has 0 bridgehead atoms. The molecule has 1 aromatic carbocycles. The molecule has 1 rings (SSSR count).